The first kappa shape index (κ1) is 13.8. The number of nitrogens with one attached hydrogen (secondary N) is 2. The predicted octanol–water partition coefficient (Wildman–Crippen LogP) is 0.973. The van der Waals surface area contributed by atoms with Crippen LogP contribution in [0.1, 0.15) is 35.3 Å². The number of nitrogens with two attached hydrogens (primary N) is 1. The monoisotopic (exact) mass is 264 g/mol. The molecule has 6 heteroatoms. The van der Waals surface area contributed by atoms with E-state index in [0.717, 1.165) is 25.0 Å². The van der Waals surface area contributed by atoms with Gasteiger partial charge in [0.05, 0.1) is 17.4 Å². The first-order valence-corrected chi connectivity index (χ1v) is 6.41. The smallest absolute Gasteiger partial charge is 0.255 e. The van der Waals surface area contributed by atoms with Crippen molar-refractivity contribution in [1.82, 2.24) is 10.3 Å². The van der Waals surface area contributed by atoms with Crippen LogP contribution in [0.25, 0.3) is 0 Å². The van der Waals surface area contributed by atoms with Crippen molar-refractivity contribution in [3.63, 3.8) is 0 Å². The highest BCUT2D eigenvalue weighted by molar-refractivity contribution is 5.99. The number of aromatic nitrogens is 1. The van der Waals surface area contributed by atoms with Crippen LogP contribution in [0.5, 0.6) is 0 Å². The average molecular weight is 264 g/mol. The largest absolute Gasteiger partial charge is 0.381 e. The van der Waals surface area contributed by atoms with Gasteiger partial charge in [0.1, 0.15) is 0 Å². The summed E-state index contributed by atoms with van der Waals surface area (Å²) >= 11 is 0. The van der Waals surface area contributed by atoms with Crippen LogP contribution in [0, 0.1) is 6.92 Å². The van der Waals surface area contributed by atoms with Crippen LogP contribution in [0.15, 0.2) is 12.3 Å². The van der Waals surface area contributed by atoms with Gasteiger partial charge in [0, 0.05) is 25.0 Å². The lowest BCUT2D eigenvalue weighted by molar-refractivity contribution is 0.0915. The number of carbonyl (C=O) groups excluding carboxylic acids is 1. The quantitative estimate of drug-likeness (QED) is 0.557. The third-order valence-electron chi connectivity index (χ3n) is 3.49. The van der Waals surface area contributed by atoms with Gasteiger partial charge in [0.25, 0.3) is 5.91 Å². The van der Waals surface area contributed by atoms with Gasteiger partial charge in [-0.05, 0) is 32.3 Å². The van der Waals surface area contributed by atoms with E-state index in [1.807, 2.05) is 6.92 Å². The minimum absolute atomic E-state index is 0.151. The molecule has 1 fully saturated rings. The molecule has 0 radical (unpaired) electrons. The lowest BCUT2D eigenvalue weighted by Crippen LogP contribution is -2.34. The Morgan fingerprint density at radius 1 is 1.53 bits per heavy atom. The molecule has 1 aliphatic rings. The maximum Gasteiger partial charge on any atom is 0.255 e. The lowest BCUT2D eigenvalue weighted by atomic mass is 10.1. The lowest BCUT2D eigenvalue weighted by Gasteiger charge is -2.15. The summed E-state index contributed by atoms with van der Waals surface area (Å²) in [6.07, 6.45) is 4.56. The van der Waals surface area contributed by atoms with Gasteiger partial charge in [-0.15, -0.1) is 0 Å². The summed E-state index contributed by atoms with van der Waals surface area (Å²) < 4.78 is 5.29. The first-order valence-electron chi connectivity index (χ1n) is 6.41. The number of amides is 1. The van der Waals surface area contributed by atoms with E-state index in [1.165, 1.54) is 0 Å². The molecule has 0 bridgehead atoms. The van der Waals surface area contributed by atoms with E-state index in [1.54, 1.807) is 19.4 Å². The summed E-state index contributed by atoms with van der Waals surface area (Å²) in [6.45, 7) is 1.85. The second-order valence-electron chi connectivity index (χ2n) is 4.86. The highest BCUT2D eigenvalue weighted by atomic mass is 16.5. The van der Waals surface area contributed by atoms with Crippen molar-refractivity contribution in [3.8, 4) is 0 Å². The zero-order chi connectivity index (χ0) is 13.8. The molecule has 2 rings (SSSR count). The molecular formula is C13H20N4O2. The van der Waals surface area contributed by atoms with Gasteiger partial charge in [-0.25, -0.2) is 0 Å². The topological polar surface area (TPSA) is 89.3 Å². The third kappa shape index (κ3) is 3.21. The maximum atomic E-state index is 12.2. The van der Waals surface area contributed by atoms with Gasteiger partial charge in [0.2, 0.25) is 0 Å². The highest BCUT2D eigenvalue weighted by Gasteiger charge is 2.26. The van der Waals surface area contributed by atoms with Crippen molar-refractivity contribution in [2.75, 3.05) is 12.5 Å². The van der Waals surface area contributed by atoms with Crippen molar-refractivity contribution < 1.29 is 9.53 Å². The van der Waals surface area contributed by atoms with Crippen molar-refractivity contribution in [3.05, 3.63) is 23.5 Å². The second-order valence-corrected chi connectivity index (χ2v) is 4.86. The number of hydrogen-bond donors (Lipinski definition) is 3. The van der Waals surface area contributed by atoms with Crippen LogP contribution in [0.3, 0.4) is 0 Å². The van der Waals surface area contributed by atoms with Gasteiger partial charge in [0.15, 0.2) is 0 Å². The molecule has 2 atom stereocenters. The zero-order valence-electron chi connectivity index (χ0n) is 11.3. The molecular weight excluding hydrogens is 244 g/mol. The van der Waals surface area contributed by atoms with E-state index in [0.29, 0.717) is 11.3 Å². The second kappa shape index (κ2) is 5.99. The average Bonchev–Trinajstić information content (AvgIpc) is 2.86. The number of pyridine rings is 1. The summed E-state index contributed by atoms with van der Waals surface area (Å²) in [4.78, 5) is 16.3. The number of hydrogen-bond acceptors (Lipinski definition) is 5. The normalized spacial score (nSPS) is 22.3. The fourth-order valence-corrected chi connectivity index (χ4v) is 2.41. The Morgan fingerprint density at radius 2 is 2.32 bits per heavy atom. The first-order chi connectivity index (χ1) is 9.13. The maximum absolute atomic E-state index is 12.2. The van der Waals surface area contributed by atoms with E-state index in [2.05, 4.69) is 15.7 Å². The van der Waals surface area contributed by atoms with Crippen LogP contribution in [-0.2, 0) is 4.74 Å². The Morgan fingerprint density at radius 3 is 2.95 bits per heavy atom. The van der Waals surface area contributed by atoms with Gasteiger partial charge < -0.3 is 15.5 Å². The summed E-state index contributed by atoms with van der Waals surface area (Å²) in [5.74, 6) is 5.28. The molecule has 104 valence electrons. The van der Waals surface area contributed by atoms with E-state index in [4.69, 9.17) is 10.6 Å². The minimum Gasteiger partial charge on any atom is -0.381 e. The zero-order valence-corrected chi connectivity index (χ0v) is 11.3. The van der Waals surface area contributed by atoms with E-state index < -0.39 is 0 Å². The van der Waals surface area contributed by atoms with E-state index in [-0.39, 0.29) is 18.1 Å². The Balaban J connectivity index is 2.04. The summed E-state index contributed by atoms with van der Waals surface area (Å²) in [5, 5.41) is 3.00. The predicted molar refractivity (Wildman–Crippen MR) is 72.7 cm³/mol. The van der Waals surface area contributed by atoms with E-state index in [9.17, 15) is 4.79 Å². The molecule has 1 aliphatic carbocycles. The summed E-state index contributed by atoms with van der Waals surface area (Å²) in [6, 6.07) is 1.91. The number of hydrazine groups is 1. The van der Waals surface area contributed by atoms with Crippen molar-refractivity contribution in [2.45, 2.75) is 38.3 Å². The molecule has 0 spiro atoms. The number of aryl methyl sites for hydroxylation is 1. The van der Waals surface area contributed by atoms with Gasteiger partial charge >= 0.3 is 0 Å². The number of nitrogens with zero attached hydrogens (tertiary/aromatic N) is 1. The molecule has 4 N–H and O–H groups in total. The van der Waals surface area contributed by atoms with Gasteiger partial charge in [-0.1, -0.05) is 0 Å². The van der Waals surface area contributed by atoms with Crippen molar-refractivity contribution in [2.24, 2.45) is 5.84 Å². The third-order valence-corrected chi connectivity index (χ3v) is 3.49. The fourth-order valence-electron chi connectivity index (χ4n) is 2.41. The Bertz CT molecular complexity index is 464. The number of nitrogen functional groups attached to an aromatic ring is 1. The summed E-state index contributed by atoms with van der Waals surface area (Å²) in [5.41, 5.74) is 4.40. The summed E-state index contributed by atoms with van der Waals surface area (Å²) in [7, 11) is 1.70. The molecule has 1 heterocycles. The van der Waals surface area contributed by atoms with Crippen molar-refractivity contribution in [1.29, 1.82) is 0 Å². The molecule has 1 aromatic heterocycles. The molecule has 2 unspecified atom stereocenters. The molecule has 1 aromatic rings. The Labute approximate surface area is 112 Å². The van der Waals surface area contributed by atoms with Crippen LogP contribution >= 0.6 is 0 Å². The van der Waals surface area contributed by atoms with E-state index >= 15 is 0 Å². The molecule has 1 amide bonds. The minimum atomic E-state index is -0.151. The standard InChI is InChI=1S/C13H20N4O2/c1-8-5-12(17-14)11(7-15-8)13(18)16-9-3-4-10(6-9)19-2/h5,7,9-10H,3-4,6,14H2,1-2H3,(H,15,17)(H,16,18). The molecule has 6 nitrogen and oxygen atoms in total. The number of rotatable bonds is 4. The highest BCUT2D eigenvalue weighted by Crippen LogP contribution is 2.22. The number of anilines is 1. The number of ether oxygens (including phenoxy) is 1. The number of carbonyl (C=O) groups is 1. The van der Waals surface area contributed by atoms with Crippen LogP contribution in [0.2, 0.25) is 0 Å². The van der Waals surface area contributed by atoms with Gasteiger partial charge in [-0.3, -0.25) is 15.6 Å². The fraction of sp³-hybridized carbons (Fsp3) is 0.538. The number of methoxy groups -OCH3 is 1. The van der Waals surface area contributed by atoms with Crippen molar-refractivity contribution >= 4 is 11.6 Å². The molecule has 0 aromatic carbocycles. The SMILES string of the molecule is COC1CCC(NC(=O)c2cnc(C)cc2NN)C1. The Hall–Kier alpha value is -1.66. The molecule has 19 heavy (non-hydrogen) atoms. The van der Waals surface area contributed by atoms with Crippen LogP contribution < -0.4 is 16.6 Å². The molecule has 1 saturated carbocycles. The molecule has 0 saturated heterocycles. The molecule has 0 aliphatic heterocycles. The van der Waals surface area contributed by atoms with Crippen LogP contribution in [-0.4, -0.2) is 30.1 Å². The van der Waals surface area contributed by atoms with Gasteiger partial charge in [-0.2, -0.15) is 0 Å². The Kier molecular flexibility index (Phi) is 4.34. The van der Waals surface area contributed by atoms with Crippen LogP contribution in [0.4, 0.5) is 5.69 Å².